The van der Waals surface area contributed by atoms with Crippen LogP contribution in [0.2, 0.25) is 0 Å². The molecule has 1 saturated carbocycles. The number of carbonyl (C=O) groups is 2. The van der Waals surface area contributed by atoms with Gasteiger partial charge in [0.15, 0.2) is 0 Å². The summed E-state index contributed by atoms with van der Waals surface area (Å²) >= 11 is 0. The van der Waals surface area contributed by atoms with Crippen molar-refractivity contribution in [3.63, 3.8) is 0 Å². The maximum Gasteiger partial charge on any atom is 0.225 e. The molecule has 3 fully saturated rings. The zero-order chi connectivity index (χ0) is 18.9. The van der Waals surface area contributed by atoms with Crippen LogP contribution in [0.25, 0.3) is 0 Å². The van der Waals surface area contributed by atoms with Crippen LogP contribution in [0.5, 0.6) is 0 Å². The van der Waals surface area contributed by atoms with Gasteiger partial charge in [0, 0.05) is 62.9 Å². The Hall–Kier alpha value is -1.89. The highest BCUT2D eigenvalue weighted by molar-refractivity contribution is 5.79. The van der Waals surface area contributed by atoms with Gasteiger partial charge >= 0.3 is 0 Å². The van der Waals surface area contributed by atoms with Gasteiger partial charge in [0.2, 0.25) is 11.8 Å². The smallest absolute Gasteiger partial charge is 0.225 e. The first-order chi connectivity index (χ1) is 13.0. The van der Waals surface area contributed by atoms with Gasteiger partial charge in [-0.25, -0.2) is 4.98 Å². The number of nitrogens with one attached hydrogen (secondary N) is 1. The Balaban J connectivity index is 1.31. The van der Waals surface area contributed by atoms with E-state index in [0.717, 1.165) is 76.8 Å². The van der Waals surface area contributed by atoms with Crippen LogP contribution in [0.1, 0.15) is 50.6 Å². The van der Waals surface area contributed by atoms with Crippen molar-refractivity contribution in [2.75, 3.05) is 26.2 Å². The number of carbonyl (C=O) groups excluding carboxylic acids is 2. The summed E-state index contributed by atoms with van der Waals surface area (Å²) < 4.78 is 0. The third-order valence-corrected chi connectivity index (χ3v) is 6.91. The van der Waals surface area contributed by atoms with Gasteiger partial charge in [-0.05, 0) is 43.9 Å². The number of H-pyrrole nitrogens is 1. The highest BCUT2D eigenvalue weighted by Crippen LogP contribution is 2.41. The zero-order valence-corrected chi connectivity index (χ0v) is 16.0. The van der Waals surface area contributed by atoms with Crippen LogP contribution < -0.4 is 5.73 Å². The van der Waals surface area contributed by atoms with Gasteiger partial charge in [-0.2, -0.15) is 0 Å². The van der Waals surface area contributed by atoms with Crippen molar-refractivity contribution >= 4 is 11.8 Å². The molecule has 7 nitrogen and oxygen atoms in total. The number of hydrogen-bond donors (Lipinski definition) is 2. The lowest BCUT2D eigenvalue weighted by molar-refractivity contribution is -0.144. The second kappa shape index (κ2) is 7.62. The van der Waals surface area contributed by atoms with Crippen molar-refractivity contribution in [1.82, 2.24) is 19.8 Å². The van der Waals surface area contributed by atoms with Gasteiger partial charge in [0.05, 0.1) is 6.33 Å². The summed E-state index contributed by atoms with van der Waals surface area (Å²) in [5, 5.41) is 0. The van der Waals surface area contributed by atoms with Gasteiger partial charge in [0.1, 0.15) is 0 Å². The number of aromatic nitrogens is 2. The van der Waals surface area contributed by atoms with Crippen molar-refractivity contribution in [2.45, 2.75) is 57.4 Å². The van der Waals surface area contributed by atoms with Crippen molar-refractivity contribution < 1.29 is 9.59 Å². The van der Waals surface area contributed by atoms with E-state index in [2.05, 4.69) is 14.9 Å². The number of nitrogens with two attached hydrogens (primary N) is 1. The van der Waals surface area contributed by atoms with E-state index in [0.29, 0.717) is 12.3 Å². The SMILES string of the molecule is N[C@@H]1CC[C@H](C(=O)N2CCC3(CCC(=O)N(CCc4cnc[nH]4)C3)CC2)C1. The van der Waals surface area contributed by atoms with Gasteiger partial charge < -0.3 is 20.5 Å². The molecule has 2 saturated heterocycles. The third kappa shape index (κ3) is 4.03. The molecule has 1 aromatic rings. The minimum Gasteiger partial charge on any atom is -0.348 e. The predicted octanol–water partition coefficient (Wildman–Crippen LogP) is 1.31. The zero-order valence-electron chi connectivity index (χ0n) is 16.0. The first-order valence-electron chi connectivity index (χ1n) is 10.3. The lowest BCUT2D eigenvalue weighted by atomic mass is 9.72. The highest BCUT2D eigenvalue weighted by Gasteiger charge is 2.42. The summed E-state index contributed by atoms with van der Waals surface area (Å²) in [5.41, 5.74) is 7.23. The molecule has 7 heteroatoms. The van der Waals surface area contributed by atoms with Crippen LogP contribution in [0.4, 0.5) is 0 Å². The molecule has 2 atom stereocenters. The molecule has 3 heterocycles. The van der Waals surface area contributed by atoms with E-state index >= 15 is 0 Å². The van der Waals surface area contributed by atoms with E-state index in [1.54, 1.807) is 6.33 Å². The fourth-order valence-electron chi connectivity index (χ4n) is 5.09. The van der Waals surface area contributed by atoms with Crippen molar-refractivity contribution in [3.05, 3.63) is 18.2 Å². The molecule has 0 radical (unpaired) electrons. The Kier molecular flexibility index (Phi) is 5.21. The summed E-state index contributed by atoms with van der Waals surface area (Å²) in [6.45, 7) is 3.22. The number of aromatic amines is 1. The normalized spacial score (nSPS) is 28.1. The standard InChI is InChI=1S/C20H31N5O2/c21-16-2-1-15(11-16)19(27)24-9-6-20(7-10-24)5-3-18(26)25(13-20)8-4-17-12-22-14-23-17/h12,14-16H,1-11,13,21H2,(H,22,23)/t15-,16+/m0/s1. The number of imidazole rings is 1. The van der Waals surface area contributed by atoms with E-state index in [4.69, 9.17) is 5.73 Å². The molecule has 1 aromatic heterocycles. The van der Waals surface area contributed by atoms with Crippen LogP contribution in [0, 0.1) is 11.3 Å². The number of hydrogen-bond acceptors (Lipinski definition) is 4. The molecule has 0 bridgehead atoms. The van der Waals surface area contributed by atoms with Crippen LogP contribution in [-0.4, -0.2) is 63.8 Å². The van der Waals surface area contributed by atoms with Crippen LogP contribution in [-0.2, 0) is 16.0 Å². The first-order valence-corrected chi connectivity index (χ1v) is 10.3. The number of likely N-dealkylation sites (tertiary alicyclic amines) is 2. The largest absolute Gasteiger partial charge is 0.348 e. The minimum atomic E-state index is 0.132. The van der Waals surface area contributed by atoms with E-state index in [1.807, 2.05) is 11.1 Å². The molecule has 0 unspecified atom stereocenters. The van der Waals surface area contributed by atoms with Crippen molar-refractivity contribution in [1.29, 1.82) is 0 Å². The second-order valence-corrected chi connectivity index (χ2v) is 8.74. The third-order valence-electron chi connectivity index (χ3n) is 6.91. The summed E-state index contributed by atoms with van der Waals surface area (Å²) in [7, 11) is 0. The second-order valence-electron chi connectivity index (χ2n) is 8.74. The van der Waals surface area contributed by atoms with Crippen molar-refractivity contribution in [3.8, 4) is 0 Å². The summed E-state index contributed by atoms with van der Waals surface area (Å²) in [6, 6.07) is 0.197. The Morgan fingerprint density at radius 3 is 2.78 bits per heavy atom. The Morgan fingerprint density at radius 1 is 1.30 bits per heavy atom. The number of piperidine rings is 2. The van der Waals surface area contributed by atoms with Crippen molar-refractivity contribution in [2.24, 2.45) is 17.1 Å². The van der Waals surface area contributed by atoms with E-state index in [9.17, 15) is 9.59 Å². The summed E-state index contributed by atoms with van der Waals surface area (Å²) in [6.07, 6.45) is 10.7. The van der Waals surface area contributed by atoms with Gasteiger partial charge in [-0.15, -0.1) is 0 Å². The summed E-state index contributed by atoms with van der Waals surface area (Å²) in [4.78, 5) is 36.4. The Morgan fingerprint density at radius 2 is 2.11 bits per heavy atom. The predicted molar refractivity (Wildman–Crippen MR) is 102 cm³/mol. The maximum atomic E-state index is 12.8. The average molecular weight is 374 g/mol. The number of rotatable bonds is 4. The fraction of sp³-hybridized carbons (Fsp3) is 0.750. The maximum absolute atomic E-state index is 12.8. The molecule has 2 aliphatic heterocycles. The fourth-order valence-corrected chi connectivity index (χ4v) is 5.09. The van der Waals surface area contributed by atoms with Gasteiger partial charge in [-0.1, -0.05) is 0 Å². The summed E-state index contributed by atoms with van der Waals surface area (Å²) in [5.74, 6) is 0.701. The van der Waals surface area contributed by atoms with Crippen LogP contribution >= 0.6 is 0 Å². The molecular formula is C20H31N5O2. The molecule has 1 aliphatic carbocycles. The van der Waals surface area contributed by atoms with Crippen LogP contribution in [0.3, 0.4) is 0 Å². The molecule has 3 N–H and O–H groups in total. The van der Waals surface area contributed by atoms with Gasteiger partial charge in [0.25, 0.3) is 0 Å². The van der Waals surface area contributed by atoms with Crippen LogP contribution in [0.15, 0.2) is 12.5 Å². The molecular weight excluding hydrogens is 342 g/mol. The van der Waals surface area contributed by atoms with Gasteiger partial charge in [-0.3, -0.25) is 9.59 Å². The molecule has 2 amide bonds. The first kappa shape index (κ1) is 18.5. The lowest BCUT2D eigenvalue weighted by Crippen LogP contribution is -2.53. The monoisotopic (exact) mass is 373 g/mol. The van der Waals surface area contributed by atoms with E-state index in [1.165, 1.54) is 0 Å². The Bertz CT molecular complexity index is 666. The minimum absolute atomic E-state index is 0.132. The highest BCUT2D eigenvalue weighted by atomic mass is 16.2. The average Bonchev–Trinajstić information content (AvgIpc) is 3.34. The molecule has 0 aromatic carbocycles. The lowest BCUT2D eigenvalue weighted by Gasteiger charge is -2.47. The molecule has 3 aliphatic rings. The molecule has 27 heavy (non-hydrogen) atoms. The number of amides is 2. The van der Waals surface area contributed by atoms with E-state index < -0.39 is 0 Å². The Labute approximate surface area is 160 Å². The topological polar surface area (TPSA) is 95.3 Å². The molecule has 4 rings (SSSR count). The number of nitrogens with zero attached hydrogens (tertiary/aromatic N) is 3. The van der Waals surface area contributed by atoms with E-state index in [-0.39, 0.29) is 23.3 Å². The molecule has 148 valence electrons. The molecule has 1 spiro atoms. The quantitative estimate of drug-likeness (QED) is 0.832.